The standard InChI is InChI=1S/C14H14N2O4/c1-8(2)14-11(7-15-20-14)13(17)10-5-4-9(3)6-12(10)16(18)19/h4-8H,1-3H3. The molecule has 1 aromatic carbocycles. The highest BCUT2D eigenvalue weighted by Gasteiger charge is 2.26. The van der Waals surface area contributed by atoms with Gasteiger partial charge in [0.2, 0.25) is 5.78 Å². The van der Waals surface area contributed by atoms with Gasteiger partial charge in [0.15, 0.2) is 0 Å². The van der Waals surface area contributed by atoms with Gasteiger partial charge in [0.05, 0.1) is 16.7 Å². The Labute approximate surface area is 115 Å². The van der Waals surface area contributed by atoms with Gasteiger partial charge in [-0.25, -0.2) is 0 Å². The lowest BCUT2D eigenvalue weighted by Gasteiger charge is -2.05. The van der Waals surface area contributed by atoms with Gasteiger partial charge in [-0.2, -0.15) is 0 Å². The first-order valence-corrected chi connectivity index (χ1v) is 6.16. The monoisotopic (exact) mass is 274 g/mol. The Morgan fingerprint density at radius 2 is 2.05 bits per heavy atom. The summed E-state index contributed by atoms with van der Waals surface area (Å²) >= 11 is 0. The Kier molecular flexibility index (Phi) is 3.65. The van der Waals surface area contributed by atoms with Crippen molar-refractivity contribution in [2.24, 2.45) is 0 Å². The first kappa shape index (κ1) is 13.9. The largest absolute Gasteiger partial charge is 0.360 e. The lowest BCUT2D eigenvalue weighted by molar-refractivity contribution is -0.385. The normalized spacial score (nSPS) is 10.8. The highest BCUT2D eigenvalue weighted by atomic mass is 16.6. The molecule has 1 heterocycles. The van der Waals surface area contributed by atoms with Crippen LogP contribution in [-0.4, -0.2) is 15.9 Å². The van der Waals surface area contributed by atoms with Crippen LogP contribution in [-0.2, 0) is 0 Å². The van der Waals surface area contributed by atoms with E-state index in [0.717, 1.165) is 5.56 Å². The maximum absolute atomic E-state index is 12.5. The van der Waals surface area contributed by atoms with Crippen LogP contribution < -0.4 is 0 Å². The Morgan fingerprint density at radius 3 is 2.65 bits per heavy atom. The number of benzene rings is 1. The number of nitrogens with zero attached hydrogens (tertiary/aromatic N) is 2. The van der Waals surface area contributed by atoms with Gasteiger partial charge < -0.3 is 4.52 Å². The second-order valence-electron chi connectivity index (χ2n) is 4.87. The fraction of sp³-hybridized carbons (Fsp3) is 0.286. The molecule has 6 heteroatoms. The molecule has 0 radical (unpaired) electrons. The van der Waals surface area contributed by atoms with Gasteiger partial charge in [-0.3, -0.25) is 14.9 Å². The molecule has 0 N–H and O–H groups in total. The van der Waals surface area contributed by atoms with E-state index < -0.39 is 10.7 Å². The molecule has 2 aromatic rings. The van der Waals surface area contributed by atoms with Crippen molar-refractivity contribution in [3.05, 3.63) is 57.0 Å². The van der Waals surface area contributed by atoms with Crippen LogP contribution in [0.3, 0.4) is 0 Å². The highest BCUT2D eigenvalue weighted by molar-refractivity contribution is 6.12. The topological polar surface area (TPSA) is 86.2 Å². The average Bonchev–Trinajstić information content (AvgIpc) is 2.87. The number of nitro benzene ring substituents is 1. The van der Waals surface area contributed by atoms with E-state index in [1.54, 1.807) is 13.0 Å². The van der Waals surface area contributed by atoms with Crippen molar-refractivity contribution in [1.29, 1.82) is 0 Å². The van der Waals surface area contributed by atoms with Gasteiger partial charge in [-0.15, -0.1) is 0 Å². The van der Waals surface area contributed by atoms with Crippen LogP contribution in [0.4, 0.5) is 5.69 Å². The maximum atomic E-state index is 12.5. The number of nitro groups is 1. The SMILES string of the molecule is Cc1ccc(C(=O)c2cnoc2C(C)C)c([N+](=O)[O-])c1. The van der Waals surface area contributed by atoms with Crippen LogP contribution >= 0.6 is 0 Å². The van der Waals surface area contributed by atoms with Gasteiger partial charge in [-0.05, 0) is 18.6 Å². The Balaban J connectivity index is 2.54. The number of carbonyl (C=O) groups is 1. The molecule has 0 aliphatic heterocycles. The highest BCUT2D eigenvalue weighted by Crippen LogP contribution is 2.27. The lowest BCUT2D eigenvalue weighted by atomic mass is 9.97. The van der Waals surface area contributed by atoms with E-state index >= 15 is 0 Å². The molecule has 0 saturated heterocycles. The second-order valence-corrected chi connectivity index (χ2v) is 4.87. The van der Waals surface area contributed by atoms with Crippen molar-refractivity contribution in [2.75, 3.05) is 0 Å². The van der Waals surface area contributed by atoms with Crippen LogP contribution in [0.15, 0.2) is 28.9 Å². The molecule has 0 bridgehead atoms. The molecule has 6 nitrogen and oxygen atoms in total. The minimum atomic E-state index is -0.553. The number of aromatic nitrogens is 1. The molecule has 0 saturated carbocycles. The minimum Gasteiger partial charge on any atom is -0.360 e. The van der Waals surface area contributed by atoms with E-state index in [1.165, 1.54) is 18.3 Å². The summed E-state index contributed by atoms with van der Waals surface area (Å²) in [5.41, 5.74) is 0.839. The molecular formula is C14H14N2O4. The number of carbonyl (C=O) groups excluding carboxylic acids is 1. The molecular weight excluding hydrogens is 260 g/mol. The summed E-state index contributed by atoms with van der Waals surface area (Å²) in [6, 6.07) is 4.52. The summed E-state index contributed by atoms with van der Waals surface area (Å²) in [4.78, 5) is 23.0. The molecule has 0 spiro atoms. The molecule has 1 aromatic heterocycles. The third kappa shape index (κ3) is 2.45. The number of rotatable bonds is 4. The second kappa shape index (κ2) is 5.24. The fourth-order valence-electron chi connectivity index (χ4n) is 1.97. The zero-order valence-electron chi connectivity index (χ0n) is 11.4. The smallest absolute Gasteiger partial charge is 0.280 e. The Bertz CT molecular complexity index is 674. The third-order valence-electron chi connectivity index (χ3n) is 2.96. The van der Waals surface area contributed by atoms with Crippen LogP contribution in [0.2, 0.25) is 0 Å². The number of hydrogen-bond acceptors (Lipinski definition) is 5. The predicted molar refractivity (Wildman–Crippen MR) is 71.9 cm³/mol. The number of aryl methyl sites for hydroxylation is 1. The van der Waals surface area contributed by atoms with E-state index in [4.69, 9.17) is 4.52 Å². The molecule has 0 atom stereocenters. The van der Waals surface area contributed by atoms with Crippen LogP contribution in [0.25, 0.3) is 0 Å². The number of ketones is 1. The first-order chi connectivity index (χ1) is 9.41. The van der Waals surface area contributed by atoms with Crippen molar-refractivity contribution >= 4 is 11.5 Å². The third-order valence-corrected chi connectivity index (χ3v) is 2.96. The molecule has 2 rings (SSSR count). The molecule has 20 heavy (non-hydrogen) atoms. The van der Waals surface area contributed by atoms with E-state index in [0.29, 0.717) is 5.76 Å². The lowest BCUT2D eigenvalue weighted by Crippen LogP contribution is -2.07. The van der Waals surface area contributed by atoms with E-state index in [2.05, 4.69) is 5.16 Å². The number of hydrogen-bond donors (Lipinski definition) is 0. The van der Waals surface area contributed by atoms with Crippen LogP contribution in [0.1, 0.15) is 47.0 Å². The van der Waals surface area contributed by atoms with Gasteiger partial charge >= 0.3 is 0 Å². The Morgan fingerprint density at radius 1 is 1.35 bits per heavy atom. The fourth-order valence-corrected chi connectivity index (χ4v) is 1.97. The van der Waals surface area contributed by atoms with Gasteiger partial charge in [0.25, 0.3) is 5.69 Å². The van der Waals surface area contributed by atoms with Crippen LogP contribution in [0.5, 0.6) is 0 Å². The van der Waals surface area contributed by atoms with Gasteiger partial charge in [-0.1, -0.05) is 25.1 Å². The minimum absolute atomic E-state index is 0.0269. The predicted octanol–water partition coefficient (Wildman–Crippen LogP) is 3.25. The average molecular weight is 274 g/mol. The summed E-state index contributed by atoms with van der Waals surface area (Å²) in [6.07, 6.45) is 1.31. The zero-order valence-corrected chi connectivity index (χ0v) is 11.4. The molecule has 0 aliphatic carbocycles. The van der Waals surface area contributed by atoms with Crippen LogP contribution in [0, 0.1) is 17.0 Å². The molecule has 0 unspecified atom stereocenters. The summed E-state index contributed by atoms with van der Waals surface area (Å²) in [5.74, 6) is -0.0347. The molecule has 0 amide bonds. The van der Waals surface area contributed by atoms with E-state index in [1.807, 2.05) is 13.8 Å². The van der Waals surface area contributed by atoms with Crippen molar-refractivity contribution < 1.29 is 14.2 Å². The quantitative estimate of drug-likeness (QED) is 0.485. The molecule has 0 fully saturated rings. The molecule has 0 aliphatic rings. The summed E-state index contributed by atoms with van der Waals surface area (Å²) in [6.45, 7) is 5.46. The van der Waals surface area contributed by atoms with Crippen molar-refractivity contribution in [2.45, 2.75) is 26.7 Å². The van der Waals surface area contributed by atoms with Gasteiger partial charge in [0.1, 0.15) is 11.3 Å². The summed E-state index contributed by atoms with van der Waals surface area (Å²) in [7, 11) is 0. The summed E-state index contributed by atoms with van der Waals surface area (Å²) in [5, 5.41) is 14.7. The van der Waals surface area contributed by atoms with E-state index in [9.17, 15) is 14.9 Å². The summed E-state index contributed by atoms with van der Waals surface area (Å²) < 4.78 is 5.05. The molecule has 104 valence electrons. The maximum Gasteiger partial charge on any atom is 0.280 e. The van der Waals surface area contributed by atoms with Crippen molar-refractivity contribution in [1.82, 2.24) is 5.16 Å². The van der Waals surface area contributed by atoms with E-state index in [-0.39, 0.29) is 22.7 Å². The van der Waals surface area contributed by atoms with Crippen molar-refractivity contribution in [3.8, 4) is 0 Å². The first-order valence-electron chi connectivity index (χ1n) is 6.16. The van der Waals surface area contributed by atoms with Gasteiger partial charge in [0, 0.05) is 12.0 Å². The zero-order chi connectivity index (χ0) is 14.9. The van der Waals surface area contributed by atoms with Crippen molar-refractivity contribution in [3.63, 3.8) is 0 Å². The Hall–Kier alpha value is -2.50.